The van der Waals surface area contributed by atoms with Crippen LogP contribution in [-0.2, 0) is 16.3 Å². The maximum absolute atomic E-state index is 11.9. The van der Waals surface area contributed by atoms with Crippen molar-refractivity contribution < 1.29 is 13.2 Å². The Kier molecular flexibility index (Phi) is 2.56. The summed E-state index contributed by atoms with van der Waals surface area (Å²) in [7, 11) is -3.07. The number of anilines is 1. The van der Waals surface area contributed by atoms with Crippen LogP contribution >= 0.6 is 11.3 Å². The Morgan fingerprint density at radius 1 is 1.44 bits per heavy atom. The molecule has 1 N–H and O–H groups in total. The van der Waals surface area contributed by atoms with Gasteiger partial charge in [-0.2, -0.15) is 0 Å². The number of amides is 2. The summed E-state index contributed by atoms with van der Waals surface area (Å²) in [6.45, 7) is 1.96. The maximum atomic E-state index is 11.9. The van der Waals surface area contributed by atoms with Crippen molar-refractivity contribution in [1.29, 1.82) is 0 Å². The fourth-order valence-corrected chi connectivity index (χ4v) is 5.04. The van der Waals surface area contributed by atoms with E-state index < -0.39 is 9.84 Å². The first-order chi connectivity index (χ1) is 8.50. The van der Waals surface area contributed by atoms with Crippen LogP contribution in [0.1, 0.15) is 11.9 Å². The highest BCUT2D eigenvalue weighted by molar-refractivity contribution is 7.91. The van der Waals surface area contributed by atoms with Crippen LogP contribution < -0.4 is 10.2 Å². The minimum Gasteiger partial charge on any atom is -0.332 e. The van der Waals surface area contributed by atoms with E-state index in [-0.39, 0.29) is 29.6 Å². The number of nitrogens with one attached hydrogen (secondary N) is 1. The lowest BCUT2D eigenvalue weighted by Gasteiger charge is -2.16. The number of sulfone groups is 1. The number of aryl methyl sites for hydroxylation is 1. The molecular weight excluding hydrogens is 276 g/mol. The number of carbonyl (C=O) groups excluding carboxylic acids is 1. The van der Waals surface area contributed by atoms with E-state index in [4.69, 9.17) is 0 Å². The highest BCUT2D eigenvalue weighted by Gasteiger charge is 2.50. The summed E-state index contributed by atoms with van der Waals surface area (Å²) in [6.07, 6.45) is 0.750. The van der Waals surface area contributed by atoms with Crippen LogP contribution in [0.25, 0.3) is 0 Å². The lowest BCUT2D eigenvalue weighted by Crippen LogP contribution is -2.36. The molecule has 18 heavy (non-hydrogen) atoms. The molecule has 0 radical (unpaired) electrons. The van der Waals surface area contributed by atoms with Crippen molar-refractivity contribution in [1.82, 2.24) is 15.5 Å². The minimum atomic E-state index is -3.07. The van der Waals surface area contributed by atoms with E-state index in [1.807, 2.05) is 6.92 Å². The second kappa shape index (κ2) is 3.89. The highest BCUT2D eigenvalue weighted by Crippen LogP contribution is 2.31. The van der Waals surface area contributed by atoms with Crippen molar-refractivity contribution >= 4 is 32.3 Å². The number of hydrogen-bond acceptors (Lipinski definition) is 6. The molecule has 1 aromatic heterocycles. The van der Waals surface area contributed by atoms with Crippen LogP contribution in [0.4, 0.5) is 9.93 Å². The Bertz CT molecular complexity index is 597. The van der Waals surface area contributed by atoms with E-state index in [1.54, 1.807) is 0 Å². The summed E-state index contributed by atoms with van der Waals surface area (Å²) in [5.74, 6) is 0.0107. The third kappa shape index (κ3) is 1.77. The van der Waals surface area contributed by atoms with Gasteiger partial charge in [-0.05, 0) is 6.42 Å². The molecule has 2 aliphatic rings. The molecule has 98 valence electrons. The number of carbonyl (C=O) groups is 1. The molecule has 1 aromatic rings. The molecule has 2 aliphatic heterocycles. The van der Waals surface area contributed by atoms with Crippen LogP contribution in [0.15, 0.2) is 0 Å². The van der Waals surface area contributed by atoms with Crippen LogP contribution in [0.5, 0.6) is 0 Å². The molecule has 2 fully saturated rings. The quantitative estimate of drug-likeness (QED) is 0.761. The largest absolute Gasteiger partial charge is 0.332 e. The van der Waals surface area contributed by atoms with Crippen molar-refractivity contribution in [3.8, 4) is 0 Å². The number of urea groups is 1. The molecule has 0 spiro atoms. The van der Waals surface area contributed by atoms with E-state index in [9.17, 15) is 13.2 Å². The lowest BCUT2D eigenvalue weighted by atomic mass is 10.2. The van der Waals surface area contributed by atoms with E-state index in [1.165, 1.54) is 16.2 Å². The van der Waals surface area contributed by atoms with Crippen molar-refractivity contribution in [3.63, 3.8) is 0 Å². The van der Waals surface area contributed by atoms with E-state index in [2.05, 4.69) is 15.5 Å². The number of hydrogen-bond donors (Lipinski definition) is 1. The summed E-state index contributed by atoms with van der Waals surface area (Å²) in [5, 5.41) is 11.9. The number of nitrogens with zero attached hydrogens (tertiary/aromatic N) is 3. The van der Waals surface area contributed by atoms with Crippen LogP contribution in [0.3, 0.4) is 0 Å². The Morgan fingerprint density at radius 2 is 2.22 bits per heavy atom. The molecule has 7 nitrogen and oxygen atoms in total. The summed E-state index contributed by atoms with van der Waals surface area (Å²) in [6, 6.07) is -0.949. The predicted octanol–water partition coefficient (Wildman–Crippen LogP) is -0.204. The van der Waals surface area contributed by atoms with E-state index >= 15 is 0 Å². The van der Waals surface area contributed by atoms with Gasteiger partial charge in [0.05, 0.1) is 23.6 Å². The second-order valence-corrected chi connectivity index (χ2v) is 7.60. The molecule has 3 heterocycles. The van der Waals surface area contributed by atoms with Gasteiger partial charge < -0.3 is 5.32 Å². The summed E-state index contributed by atoms with van der Waals surface area (Å²) in [4.78, 5) is 13.3. The molecule has 0 saturated carbocycles. The zero-order chi connectivity index (χ0) is 12.9. The minimum absolute atomic E-state index is 0.00253. The SMILES string of the molecule is CCc1nnc(N2C(=O)N[C@@H]3CS(=O)(=O)C[C@H]32)s1. The average Bonchev–Trinajstić information content (AvgIpc) is 2.90. The van der Waals surface area contributed by atoms with Gasteiger partial charge in [-0.15, -0.1) is 10.2 Å². The van der Waals surface area contributed by atoms with Crippen LogP contribution in [0, 0.1) is 0 Å². The Morgan fingerprint density at radius 3 is 2.89 bits per heavy atom. The van der Waals surface area contributed by atoms with E-state index in [0.29, 0.717) is 5.13 Å². The third-order valence-corrected chi connectivity index (χ3v) is 5.93. The Labute approximate surface area is 108 Å². The van der Waals surface area contributed by atoms with E-state index in [0.717, 1.165) is 11.4 Å². The molecule has 2 atom stereocenters. The van der Waals surface area contributed by atoms with Gasteiger partial charge in [0.1, 0.15) is 5.01 Å². The first kappa shape index (κ1) is 11.8. The molecule has 2 saturated heterocycles. The molecular formula is C9H12N4O3S2. The van der Waals surface area contributed by atoms with Gasteiger partial charge in [0.2, 0.25) is 5.13 Å². The van der Waals surface area contributed by atoms with Crippen LogP contribution in [-0.4, -0.2) is 48.2 Å². The normalized spacial score (nSPS) is 29.4. The smallest absolute Gasteiger partial charge is 0.324 e. The number of rotatable bonds is 2. The fourth-order valence-electron chi connectivity index (χ4n) is 2.31. The third-order valence-electron chi connectivity index (χ3n) is 3.15. The fraction of sp³-hybridized carbons (Fsp3) is 0.667. The average molecular weight is 288 g/mol. The Hall–Kier alpha value is -1.22. The van der Waals surface area contributed by atoms with Crippen molar-refractivity contribution in [2.24, 2.45) is 0 Å². The van der Waals surface area contributed by atoms with Crippen LogP contribution in [0.2, 0.25) is 0 Å². The highest BCUT2D eigenvalue weighted by atomic mass is 32.2. The Balaban J connectivity index is 1.94. The van der Waals surface area contributed by atoms with Crippen molar-refractivity contribution in [3.05, 3.63) is 5.01 Å². The standard InChI is InChI=1S/C9H12N4O3S2/c1-2-7-11-12-9(17-7)13-6-4-18(15,16)3-5(6)10-8(13)14/h5-6H,2-4H2,1H3,(H,10,14)/t5-,6-/m1/s1. The molecule has 0 aromatic carbocycles. The van der Waals surface area contributed by atoms with Crippen molar-refractivity contribution in [2.75, 3.05) is 16.4 Å². The van der Waals surface area contributed by atoms with Gasteiger partial charge in [0.25, 0.3) is 0 Å². The van der Waals surface area contributed by atoms with Gasteiger partial charge in [-0.1, -0.05) is 18.3 Å². The molecule has 0 aliphatic carbocycles. The first-order valence-corrected chi connectivity index (χ1v) is 8.26. The zero-order valence-corrected chi connectivity index (χ0v) is 11.3. The lowest BCUT2D eigenvalue weighted by molar-refractivity contribution is 0.251. The monoisotopic (exact) mass is 288 g/mol. The number of fused-ring (bicyclic) bond motifs is 1. The molecule has 0 bridgehead atoms. The molecule has 2 amide bonds. The zero-order valence-electron chi connectivity index (χ0n) is 9.66. The van der Waals surface area contributed by atoms with Gasteiger partial charge in [0.15, 0.2) is 9.84 Å². The maximum Gasteiger partial charge on any atom is 0.324 e. The van der Waals surface area contributed by atoms with Gasteiger partial charge in [-0.3, -0.25) is 4.90 Å². The van der Waals surface area contributed by atoms with Gasteiger partial charge in [0, 0.05) is 0 Å². The summed E-state index contributed by atoms with van der Waals surface area (Å²) >= 11 is 1.33. The summed E-state index contributed by atoms with van der Waals surface area (Å²) in [5.41, 5.74) is 0. The van der Waals surface area contributed by atoms with Gasteiger partial charge >= 0.3 is 6.03 Å². The van der Waals surface area contributed by atoms with Gasteiger partial charge in [-0.25, -0.2) is 13.2 Å². The first-order valence-electron chi connectivity index (χ1n) is 5.62. The molecule has 0 unspecified atom stereocenters. The predicted molar refractivity (Wildman–Crippen MR) is 66.5 cm³/mol. The van der Waals surface area contributed by atoms with Crippen molar-refractivity contribution in [2.45, 2.75) is 25.4 Å². The summed E-state index contributed by atoms with van der Waals surface area (Å²) < 4.78 is 23.2. The number of aromatic nitrogens is 2. The second-order valence-electron chi connectivity index (χ2n) is 4.40. The molecule has 9 heteroatoms. The molecule has 3 rings (SSSR count). The topological polar surface area (TPSA) is 92.3 Å².